The molecule has 0 unspecified atom stereocenters. The number of oxime groups is 1. The molecule has 1 saturated carbocycles. The van der Waals surface area contributed by atoms with E-state index in [-0.39, 0.29) is 0 Å². The number of aromatic nitrogens is 1. The Morgan fingerprint density at radius 2 is 1.82 bits per heavy atom. The molecule has 2 N–H and O–H groups in total. The number of benzene rings is 1. The molecule has 0 radical (unpaired) electrons. The topological polar surface area (TPSA) is 48.4 Å². The number of rotatable bonds is 1. The molecular weight excluding hydrogens is 272 g/mol. The van der Waals surface area contributed by atoms with E-state index in [0.717, 1.165) is 36.6 Å². The molecule has 0 amide bonds. The second kappa shape index (κ2) is 5.79. The Hall–Kier alpha value is -1.77. The predicted molar refractivity (Wildman–Crippen MR) is 90.0 cm³/mol. The maximum Gasteiger partial charge on any atom is 0.103 e. The summed E-state index contributed by atoms with van der Waals surface area (Å²) in [5.74, 6) is 0.737. The van der Waals surface area contributed by atoms with Crippen LogP contribution in [0.4, 0.5) is 0 Å². The lowest BCUT2D eigenvalue weighted by molar-refractivity contribution is 0.318. The minimum Gasteiger partial charge on any atom is -0.411 e. The minimum atomic E-state index is 0.737. The summed E-state index contributed by atoms with van der Waals surface area (Å²) >= 11 is 0. The first kappa shape index (κ1) is 13.9. The van der Waals surface area contributed by atoms with Crippen LogP contribution in [-0.4, -0.2) is 15.9 Å². The van der Waals surface area contributed by atoms with Crippen LogP contribution in [0.1, 0.15) is 74.1 Å². The van der Waals surface area contributed by atoms with Gasteiger partial charge in [-0.05, 0) is 67.7 Å². The van der Waals surface area contributed by atoms with Crippen molar-refractivity contribution in [3.8, 4) is 0 Å². The zero-order chi connectivity index (χ0) is 14.9. The van der Waals surface area contributed by atoms with Gasteiger partial charge in [-0.3, -0.25) is 0 Å². The molecular formula is C19H24N2O. The number of H-pyrrole nitrogens is 1. The van der Waals surface area contributed by atoms with Gasteiger partial charge in [0.15, 0.2) is 0 Å². The fourth-order valence-electron chi connectivity index (χ4n) is 4.28. The third-order valence-electron chi connectivity index (χ3n) is 5.51. The number of hydrogen-bond acceptors (Lipinski definition) is 2. The van der Waals surface area contributed by atoms with Gasteiger partial charge in [0.2, 0.25) is 0 Å². The number of nitrogens with zero attached hydrogens (tertiary/aromatic N) is 1. The van der Waals surface area contributed by atoms with E-state index in [4.69, 9.17) is 0 Å². The summed E-state index contributed by atoms with van der Waals surface area (Å²) in [5.41, 5.74) is 5.94. The van der Waals surface area contributed by atoms with Crippen LogP contribution in [0.5, 0.6) is 0 Å². The van der Waals surface area contributed by atoms with E-state index in [1.807, 2.05) is 0 Å². The Bertz CT molecular complexity index is 708. The standard InChI is InChI=1S/C19H24N2O/c22-21-18-9-5-4-8-15-16-12-14(13-6-2-1-3-7-13)10-11-17(16)20-19(15)18/h10-13,20,22H,1-9H2. The number of hydrogen-bond donors (Lipinski definition) is 2. The molecule has 3 heteroatoms. The highest BCUT2D eigenvalue weighted by molar-refractivity contribution is 6.05. The fraction of sp³-hybridized carbons (Fsp3) is 0.526. The SMILES string of the molecule is ON=C1CCCCc2c1[nH]c1ccc(C3CCCCC3)cc21. The second-order valence-corrected chi connectivity index (χ2v) is 6.87. The van der Waals surface area contributed by atoms with Gasteiger partial charge in [-0.1, -0.05) is 30.5 Å². The minimum absolute atomic E-state index is 0.737. The van der Waals surface area contributed by atoms with Crippen molar-refractivity contribution < 1.29 is 5.21 Å². The van der Waals surface area contributed by atoms with Crippen molar-refractivity contribution in [1.29, 1.82) is 0 Å². The number of aromatic amines is 1. The summed E-state index contributed by atoms with van der Waals surface area (Å²) in [6.07, 6.45) is 11.0. The zero-order valence-corrected chi connectivity index (χ0v) is 13.1. The predicted octanol–water partition coefficient (Wildman–Crippen LogP) is 5.12. The molecule has 1 heterocycles. The van der Waals surface area contributed by atoms with E-state index < -0.39 is 0 Å². The van der Waals surface area contributed by atoms with Crippen LogP contribution in [0, 0.1) is 0 Å². The van der Waals surface area contributed by atoms with Gasteiger partial charge in [0.1, 0.15) is 5.71 Å². The van der Waals surface area contributed by atoms with Gasteiger partial charge >= 0.3 is 0 Å². The van der Waals surface area contributed by atoms with Crippen molar-refractivity contribution in [2.45, 2.75) is 63.7 Å². The Morgan fingerprint density at radius 1 is 1.00 bits per heavy atom. The molecule has 0 spiro atoms. The maximum atomic E-state index is 9.31. The molecule has 3 nitrogen and oxygen atoms in total. The van der Waals surface area contributed by atoms with Crippen molar-refractivity contribution in [1.82, 2.24) is 4.98 Å². The highest BCUT2D eigenvalue weighted by atomic mass is 16.4. The van der Waals surface area contributed by atoms with Gasteiger partial charge in [0.25, 0.3) is 0 Å². The normalized spacial score (nSPS) is 21.9. The van der Waals surface area contributed by atoms with Crippen LogP contribution in [0.3, 0.4) is 0 Å². The molecule has 4 rings (SSSR count). The largest absolute Gasteiger partial charge is 0.411 e. The van der Waals surface area contributed by atoms with Crippen molar-refractivity contribution in [2.24, 2.45) is 5.16 Å². The van der Waals surface area contributed by atoms with Gasteiger partial charge in [-0.2, -0.15) is 0 Å². The molecule has 0 bridgehead atoms. The van der Waals surface area contributed by atoms with Gasteiger partial charge in [-0.15, -0.1) is 0 Å². The molecule has 1 aromatic heterocycles. The molecule has 0 atom stereocenters. The van der Waals surface area contributed by atoms with Gasteiger partial charge < -0.3 is 10.2 Å². The molecule has 22 heavy (non-hydrogen) atoms. The van der Waals surface area contributed by atoms with Crippen LogP contribution in [0.2, 0.25) is 0 Å². The summed E-state index contributed by atoms with van der Waals surface area (Å²) in [6.45, 7) is 0. The zero-order valence-electron chi connectivity index (χ0n) is 13.1. The molecule has 2 aliphatic carbocycles. The Morgan fingerprint density at radius 3 is 2.64 bits per heavy atom. The molecule has 1 aromatic carbocycles. The summed E-state index contributed by atoms with van der Waals surface area (Å²) in [4.78, 5) is 3.50. The van der Waals surface area contributed by atoms with E-state index in [1.165, 1.54) is 60.6 Å². The average molecular weight is 296 g/mol. The lowest BCUT2D eigenvalue weighted by Gasteiger charge is -2.22. The third kappa shape index (κ3) is 2.33. The fourth-order valence-corrected chi connectivity index (χ4v) is 4.28. The molecule has 1 fully saturated rings. The van der Waals surface area contributed by atoms with Gasteiger partial charge in [0.05, 0.1) is 5.69 Å². The molecule has 2 aliphatic rings. The second-order valence-electron chi connectivity index (χ2n) is 6.87. The summed E-state index contributed by atoms with van der Waals surface area (Å²) in [6, 6.07) is 6.92. The van der Waals surface area contributed by atoms with Crippen LogP contribution in [0.25, 0.3) is 10.9 Å². The lowest BCUT2D eigenvalue weighted by atomic mass is 9.83. The highest BCUT2D eigenvalue weighted by Gasteiger charge is 2.21. The average Bonchev–Trinajstić information content (AvgIpc) is 2.81. The van der Waals surface area contributed by atoms with Crippen molar-refractivity contribution >= 4 is 16.6 Å². The third-order valence-corrected chi connectivity index (χ3v) is 5.51. The van der Waals surface area contributed by atoms with E-state index in [0.29, 0.717) is 0 Å². The smallest absolute Gasteiger partial charge is 0.103 e. The first-order valence-electron chi connectivity index (χ1n) is 8.72. The molecule has 0 saturated heterocycles. The maximum absolute atomic E-state index is 9.31. The van der Waals surface area contributed by atoms with Crippen LogP contribution < -0.4 is 0 Å². The summed E-state index contributed by atoms with van der Waals surface area (Å²) in [5, 5.41) is 14.2. The van der Waals surface area contributed by atoms with Crippen LogP contribution in [-0.2, 0) is 6.42 Å². The van der Waals surface area contributed by atoms with Crippen molar-refractivity contribution in [3.05, 3.63) is 35.0 Å². The first-order valence-corrected chi connectivity index (χ1v) is 8.72. The van der Waals surface area contributed by atoms with E-state index >= 15 is 0 Å². The number of aryl methyl sites for hydroxylation is 1. The summed E-state index contributed by atoms with van der Waals surface area (Å²) < 4.78 is 0. The van der Waals surface area contributed by atoms with Gasteiger partial charge in [0, 0.05) is 10.9 Å². The van der Waals surface area contributed by atoms with Gasteiger partial charge in [-0.25, -0.2) is 0 Å². The number of nitrogens with one attached hydrogen (secondary N) is 1. The quantitative estimate of drug-likeness (QED) is 0.428. The Labute approximate surface area is 131 Å². The first-order chi connectivity index (χ1) is 10.9. The molecule has 2 aromatic rings. The molecule has 116 valence electrons. The lowest BCUT2D eigenvalue weighted by Crippen LogP contribution is -2.04. The van der Waals surface area contributed by atoms with Crippen LogP contribution >= 0.6 is 0 Å². The number of fused-ring (bicyclic) bond motifs is 3. The highest BCUT2D eigenvalue weighted by Crippen LogP contribution is 2.36. The Balaban J connectivity index is 1.80. The van der Waals surface area contributed by atoms with E-state index in [1.54, 1.807) is 0 Å². The monoisotopic (exact) mass is 296 g/mol. The molecule has 0 aliphatic heterocycles. The van der Waals surface area contributed by atoms with Crippen molar-refractivity contribution in [3.63, 3.8) is 0 Å². The Kier molecular flexibility index (Phi) is 3.65. The van der Waals surface area contributed by atoms with Crippen molar-refractivity contribution in [2.75, 3.05) is 0 Å². The van der Waals surface area contributed by atoms with Crippen LogP contribution in [0.15, 0.2) is 23.4 Å². The van der Waals surface area contributed by atoms with E-state index in [9.17, 15) is 5.21 Å². The summed E-state index contributed by atoms with van der Waals surface area (Å²) in [7, 11) is 0. The van der Waals surface area contributed by atoms with E-state index in [2.05, 4.69) is 28.3 Å².